The lowest BCUT2D eigenvalue weighted by molar-refractivity contribution is 0.0640. The molecule has 0 aromatic carbocycles. The third kappa shape index (κ3) is 4.29. The zero-order valence-electron chi connectivity index (χ0n) is 13.4. The van der Waals surface area contributed by atoms with Crippen LogP contribution in [0.5, 0.6) is 0 Å². The molecule has 0 amide bonds. The third-order valence-corrected chi connectivity index (χ3v) is 6.41. The van der Waals surface area contributed by atoms with Crippen LogP contribution in [0.4, 0.5) is 0 Å². The highest BCUT2D eigenvalue weighted by atomic mass is 79.9. The van der Waals surface area contributed by atoms with Gasteiger partial charge in [-0.1, -0.05) is 13.8 Å². The normalized spacial score (nSPS) is 22.1. The second-order valence-electron chi connectivity index (χ2n) is 5.99. The van der Waals surface area contributed by atoms with Gasteiger partial charge < -0.3 is 5.73 Å². The predicted octanol–water partition coefficient (Wildman–Crippen LogP) is 3.71. The van der Waals surface area contributed by atoms with Crippen LogP contribution in [0, 0.1) is 0 Å². The van der Waals surface area contributed by atoms with Gasteiger partial charge >= 0.3 is 0 Å². The molecule has 2 heterocycles. The van der Waals surface area contributed by atoms with E-state index in [1.807, 2.05) is 11.3 Å². The summed E-state index contributed by atoms with van der Waals surface area (Å²) in [5.74, 6) is 0. The van der Waals surface area contributed by atoms with Gasteiger partial charge in [0.1, 0.15) is 0 Å². The van der Waals surface area contributed by atoms with E-state index in [4.69, 9.17) is 5.73 Å². The number of halogens is 1. The molecule has 3 nitrogen and oxygen atoms in total. The van der Waals surface area contributed by atoms with E-state index in [-0.39, 0.29) is 6.04 Å². The first-order valence-corrected chi connectivity index (χ1v) is 9.66. The van der Waals surface area contributed by atoms with E-state index >= 15 is 0 Å². The molecule has 5 heteroatoms. The van der Waals surface area contributed by atoms with Crippen LogP contribution in [-0.2, 0) is 0 Å². The summed E-state index contributed by atoms with van der Waals surface area (Å²) in [6.45, 7) is 11.4. The number of nitrogens with zero attached hydrogens (tertiary/aromatic N) is 2. The zero-order chi connectivity index (χ0) is 15.4. The predicted molar refractivity (Wildman–Crippen MR) is 95.9 cm³/mol. The van der Waals surface area contributed by atoms with E-state index in [1.165, 1.54) is 15.1 Å². The first-order chi connectivity index (χ1) is 10.1. The molecule has 3 unspecified atom stereocenters. The van der Waals surface area contributed by atoms with Crippen LogP contribution in [-0.4, -0.2) is 48.1 Å². The van der Waals surface area contributed by atoms with Crippen molar-refractivity contribution in [2.75, 3.05) is 26.2 Å². The van der Waals surface area contributed by atoms with Crippen LogP contribution in [0.15, 0.2) is 15.9 Å². The Morgan fingerprint density at radius 2 is 1.76 bits per heavy atom. The van der Waals surface area contributed by atoms with Crippen LogP contribution in [0.3, 0.4) is 0 Å². The Kier molecular flexibility index (Phi) is 6.69. The van der Waals surface area contributed by atoms with Gasteiger partial charge in [-0.2, -0.15) is 0 Å². The van der Waals surface area contributed by atoms with Gasteiger partial charge in [0, 0.05) is 43.1 Å². The Labute approximate surface area is 141 Å². The monoisotopic (exact) mass is 373 g/mol. The lowest BCUT2D eigenvalue weighted by Crippen LogP contribution is -2.53. The van der Waals surface area contributed by atoms with E-state index in [1.54, 1.807) is 0 Å². The zero-order valence-corrected chi connectivity index (χ0v) is 15.8. The fraction of sp³-hybridized carbons (Fsp3) is 0.750. The molecule has 2 rings (SSSR count). The maximum atomic E-state index is 6.45. The molecule has 0 saturated carbocycles. The highest BCUT2D eigenvalue weighted by Crippen LogP contribution is 2.34. The molecule has 1 aromatic heterocycles. The Morgan fingerprint density at radius 3 is 2.24 bits per heavy atom. The fourth-order valence-corrected chi connectivity index (χ4v) is 4.72. The molecule has 1 aliphatic heterocycles. The average Bonchev–Trinajstić information content (AvgIpc) is 2.93. The molecule has 1 aromatic rings. The lowest BCUT2D eigenvalue weighted by Gasteiger charge is -2.42. The van der Waals surface area contributed by atoms with Crippen LogP contribution in [0.1, 0.15) is 44.5 Å². The quantitative estimate of drug-likeness (QED) is 0.824. The summed E-state index contributed by atoms with van der Waals surface area (Å²) in [6.07, 6.45) is 2.25. The van der Waals surface area contributed by atoms with Crippen molar-refractivity contribution in [2.24, 2.45) is 5.73 Å². The van der Waals surface area contributed by atoms with Gasteiger partial charge in [0.05, 0.1) is 9.83 Å². The summed E-state index contributed by atoms with van der Waals surface area (Å²) >= 11 is 5.41. The van der Waals surface area contributed by atoms with Crippen LogP contribution in [0.2, 0.25) is 0 Å². The van der Waals surface area contributed by atoms with E-state index in [0.29, 0.717) is 12.1 Å². The van der Waals surface area contributed by atoms with Crippen LogP contribution in [0.25, 0.3) is 0 Å². The molecular weight excluding hydrogens is 346 g/mol. The van der Waals surface area contributed by atoms with E-state index in [2.05, 4.69) is 58.6 Å². The highest BCUT2D eigenvalue weighted by molar-refractivity contribution is 9.11. The van der Waals surface area contributed by atoms with Gasteiger partial charge in [-0.25, -0.2) is 0 Å². The topological polar surface area (TPSA) is 32.5 Å². The number of nitrogens with two attached hydrogens (primary N) is 1. The summed E-state index contributed by atoms with van der Waals surface area (Å²) in [5.41, 5.74) is 6.45. The molecule has 3 atom stereocenters. The number of hydrogen-bond donors (Lipinski definition) is 1. The molecule has 21 heavy (non-hydrogen) atoms. The SMILES string of the molecule is CCC(N)C(c1ccc(Br)s1)N1CCN(C(C)CC)CC1. The van der Waals surface area contributed by atoms with Crippen molar-refractivity contribution < 1.29 is 0 Å². The number of thiophene rings is 1. The van der Waals surface area contributed by atoms with Gasteiger partial charge in [0.15, 0.2) is 0 Å². The number of hydrogen-bond acceptors (Lipinski definition) is 4. The maximum Gasteiger partial charge on any atom is 0.0702 e. The van der Waals surface area contributed by atoms with Crippen molar-refractivity contribution in [1.29, 1.82) is 0 Å². The Bertz CT molecular complexity index is 429. The number of rotatable bonds is 6. The summed E-state index contributed by atoms with van der Waals surface area (Å²) < 4.78 is 1.20. The second-order valence-corrected chi connectivity index (χ2v) is 8.48. The Morgan fingerprint density at radius 1 is 1.14 bits per heavy atom. The molecule has 0 radical (unpaired) electrons. The first kappa shape index (κ1) is 17.4. The van der Waals surface area contributed by atoms with Gasteiger partial charge in [-0.15, -0.1) is 11.3 Å². The molecule has 1 saturated heterocycles. The maximum absolute atomic E-state index is 6.45. The molecule has 0 bridgehead atoms. The molecule has 1 aliphatic rings. The summed E-state index contributed by atoms with van der Waals surface area (Å²) in [4.78, 5) is 6.59. The van der Waals surface area contributed by atoms with Gasteiger partial charge in [-0.05, 0) is 47.8 Å². The standard InChI is InChI=1S/C16H28BrN3S/c1-4-12(3)19-8-10-20(11-9-19)16(13(18)5-2)14-6-7-15(17)21-14/h6-7,12-13,16H,4-5,8-11,18H2,1-3H3. The van der Waals surface area contributed by atoms with Crippen molar-refractivity contribution >= 4 is 27.3 Å². The van der Waals surface area contributed by atoms with Crippen LogP contribution < -0.4 is 5.73 Å². The summed E-state index contributed by atoms with van der Waals surface area (Å²) in [6, 6.07) is 5.65. The van der Waals surface area contributed by atoms with E-state index in [9.17, 15) is 0 Å². The second kappa shape index (κ2) is 8.06. The average molecular weight is 374 g/mol. The van der Waals surface area contributed by atoms with Crippen molar-refractivity contribution in [3.63, 3.8) is 0 Å². The molecule has 120 valence electrons. The summed E-state index contributed by atoms with van der Waals surface area (Å²) in [7, 11) is 0. The summed E-state index contributed by atoms with van der Waals surface area (Å²) in [5, 5.41) is 0. The minimum atomic E-state index is 0.214. The Hall–Kier alpha value is 0.0600. The highest BCUT2D eigenvalue weighted by Gasteiger charge is 2.30. The van der Waals surface area contributed by atoms with E-state index in [0.717, 1.165) is 32.6 Å². The molecule has 0 aliphatic carbocycles. The minimum absolute atomic E-state index is 0.214. The van der Waals surface area contributed by atoms with Crippen molar-refractivity contribution in [3.8, 4) is 0 Å². The van der Waals surface area contributed by atoms with Gasteiger partial charge in [-0.3, -0.25) is 9.80 Å². The van der Waals surface area contributed by atoms with Crippen LogP contribution >= 0.6 is 27.3 Å². The Balaban J connectivity index is 2.06. The van der Waals surface area contributed by atoms with Crippen molar-refractivity contribution in [3.05, 3.63) is 20.8 Å². The number of piperazine rings is 1. The van der Waals surface area contributed by atoms with Gasteiger partial charge in [0.25, 0.3) is 0 Å². The molecular formula is C16H28BrN3S. The largest absolute Gasteiger partial charge is 0.326 e. The van der Waals surface area contributed by atoms with E-state index < -0.39 is 0 Å². The molecule has 1 fully saturated rings. The molecule has 2 N–H and O–H groups in total. The smallest absolute Gasteiger partial charge is 0.0702 e. The fourth-order valence-electron chi connectivity index (χ4n) is 3.09. The van der Waals surface area contributed by atoms with Crippen molar-refractivity contribution in [1.82, 2.24) is 9.80 Å². The van der Waals surface area contributed by atoms with Crippen molar-refractivity contribution in [2.45, 2.75) is 51.7 Å². The lowest BCUT2D eigenvalue weighted by atomic mass is 10.0. The first-order valence-electron chi connectivity index (χ1n) is 8.05. The molecule has 0 spiro atoms. The third-order valence-electron chi connectivity index (χ3n) is 4.72. The minimum Gasteiger partial charge on any atom is -0.326 e. The van der Waals surface area contributed by atoms with Gasteiger partial charge in [0.2, 0.25) is 0 Å².